The van der Waals surface area contributed by atoms with Gasteiger partial charge >= 0.3 is 6.03 Å². The van der Waals surface area contributed by atoms with Gasteiger partial charge in [0.1, 0.15) is 0 Å². The Bertz CT molecular complexity index is 932. The van der Waals surface area contributed by atoms with Crippen LogP contribution in [0.15, 0.2) is 48.5 Å². The van der Waals surface area contributed by atoms with Crippen LogP contribution < -0.4 is 10.6 Å². The van der Waals surface area contributed by atoms with E-state index in [4.69, 9.17) is 14.2 Å². The number of aliphatic hydroxyl groups excluding tert-OH is 1. The van der Waals surface area contributed by atoms with E-state index in [-0.39, 0.29) is 30.8 Å². The Hall–Kier alpha value is -2.49. The predicted molar refractivity (Wildman–Crippen MR) is 129 cm³/mol. The summed E-state index contributed by atoms with van der Waals surface area (Å²) in [5, 5.41) is 15.0. The number of morpholine rings is 1. The van der Waals surface area contributed by atoms with Crippen LogP contribution in [0.2, 0.25) is 0 Å². The van der Waals surface area contributed by atoms with Gasteiger partial charge in [-0.3, -0.25) is 4.90 Å². The van der Waals surface area contributed by atoms with E-state index in [0.717, 1.165) is 49.5 Å². The average Bonchev–Trinajstić information content (AvgIpc) is 2.86. The van der Waals surface area contributed by atoms with E-state index in [1.54, 1.807) is 0 Å². The van der Waals surface area contributed by atoms with Gasteiger partial charge in [0.25, 0.3) is 0 Å². The van der Waals surface area contributed by atoms with Crippen LogP contribution in [-0.2, 0) is 20.8 Å². The van der Waals surface area contributed by atoms with Gasteiger partial charge in [-0.1, -0.05) is 43.3 Å². The Morgan fingerprint density at radius 1 is 1.09 bits per heavy atom. The SMILES string of the molecule is CCNC(=O)Nc1cccc([C@H]2O[C@@H](CN3CCOCC3)[C@@H](C)[C@@H](c3ccc(CO)cc3)O2)c1. The van der Waals surface area contributed by atoms with Crippen LogP contribution in [0.3, 0.4) is 0 Å². The first kappa shape index (κ1) is 24.6. The summed E-state index contributed by atoms with van der Waals surface area (Å²) in [6, 6.07) is 15.3. The van der Waals surface area contributed by atoms with Crippen molar-refractivity contribution in [3.8, 4) is 0 Å². The first-order valence-corrected chi connectivity index (χ1v) is 12.0. The number of amides is 2. The van der Waals surface area contributed by atoms with Gasteiger partial charge in [0, 0.05) is 43.3 Å². The second kappa shape index (κ2) is 11.8. The smallest absolute Gasteiger partial charge is 0.319 e. The highest BCUT2D eigenvalue weighted by Gasteiger charge is 2.39. The van der Waals surface area contributed by atoms with E-state index in [9.17, 15) is 9.90 Å². The molecule has 2 heterocycles. The van der Waals surface area contributed by atoms with Gasteiger partial charge < -0.3 is 30.0 Å². The summed E-state index contributed by atoms with van der Waals surface area (Å²) in [7, 11) is 0. The van der Waals surface area contributed by atoms with E-state index >= 15 is 0 Å². The van der Waals surface area contributed by atoms with Crippen molar-refractivity contribution >= 4 is 11.7 Å². The fourth-order valence-electron chi connectivity index (χ4n) is 4.47. The predicted octanol–water partition coefficient (Wildman–Crippen LogP) is 3.44. The van der Waals surface area contributed by atoms with Crippen LogP contribution in [0.5, 0.6) is 0 Å². The van der Waals surface area contributed by atoms with Crippen LogP contribution in [-0.4, -0.2) is 61.5 Å². The molecule has 2 aliphatic rings. The van der Waals surface area contributed by atoms with E-state index in [1.807, 2.05) is 55.5 Å². The monoisotopic (exact) mass is 469 g/mol. The summed E-state index contributed by atoms with van der Waals surface area (Å²) in [6.07, 6.45) is -0.780. The summed E-state index contributed by atoms with van der Waals surface area (Å²) >= 11 is 0. The minimum atomic E-state index is -0.569. The third-order valence-corrected chi connectivity index (χ3v) is 6.42. The number of nitrogens with zero attached hydrogens (tertiary/aromatic N) is 1. The normalized spacial score (nSPS) is 25.6. The molecule has 2 aromatic rings. The number of carbonyl (C=O) groups excluding carboxylic acids is 1. The molecule has 0 unspecified atom stereocenters. The lowest BCUT2D eigenvalue weighted by atomic mass is 9.90. The maximum Gasteiger partial charge on any atom is 0.319 e. The highest BCUT2D eigenvalue weighted by Crippen LogP contribution is 2.42. The van der Waals surface area contributed by atoms with Gasteiger partial charge in [-0.2, -0.15) is 0 Å². The number of carbonyl (C=O) groups is 1. The third-order valence-electron chi connectivity index (χ3n) is 6.42. The number of hydrogen-bond acceptors (Lipinski definition) is 6. The number of urea groups is 1. The number of hydrogen-bond donors (Lipinski definition) is 3. The molecule has 0 aliphatic carbocycles. The molecule has 0 aromatic heterocycles. The molecule has 0 bridgehead atoms. The van der Waals surface area contributed by atoms with E-state index in [0.29, 0.717) is 12.2 Å². The standard InChI is InChI=1S/C26H35N3O5/c1-3-27-26(31)28-22-6-4-5-21(15-22)25-33-23(16-29-11-13-32-14-12-29)18(2)24(34-25)20-9-7-19(17-30)8-10-20/h4-10,15,18,23-25,30H,3,11-14,16-17H2,1-2H3,(H2,27,28,31)/t18-,23+,24+,25+/m1/s1. The lowest BCUT2D eigenvalue weighted by Crippen LogP contribution is -2.47. The molecule has 2 fully saturated rings. The molecule has 2 amide bonds. The minimum Gasteiger partial charge on any atom is -0.392 e. The third kappa shape index (κ3) is 6.14. The van der Waals surface area contributed by atoms with Crippen molar-refractivity contribution in [2.75, 3.05) is 44.7 Å². The Kier molecular flexibility index (Phi) is 8.53. The zero-order valence-electron chi connectivity index (χ0n) is 19.9. The molecule has 2 aliphatic heterocycles. The highest BCUT2D eigenvalue weighted by atomic mass is 16.7. The number of anilines is 1. The van der Waals surface area contributed by atoms with Gasteiger partial charge in [0.2, 0.25) is 0 Å². The second-order valence-corrected chi connectivity index (χ2v) is 8.84. The van der Waals surface area contributed by atoms with Crippen LogP contribution >= 0.6 is 0 Å². The summed E-state index contributed by atoms with van der Waals surface area (Å²) < 4.78 is 18.5. The zero-order chi connectivity index (χ0) is 23.9. The van der Waals surface area contributed by atoms with Crippen molar-refractivity contribution in [2.24, 2.45) is 5.92 Å². The van der Waals surface area contributed by atoms with Gasteiger partial charge in [0.15, 0.2) is 6.29 Å². The first-order chi connectivity index (χ1) is 16.6. The van der Waals surface area contributed by atoms with Crippen molar-refractivity contribution in [3.63, 3.8) is 0 Å². The maximum absolute atomic E-state index is 12.0. The summed E-state index contributed by atoms with van der Waals surface area (Å²) in [6.45, 7) is 8.66. The topological polar surface area (TPSA) is 92.3 Å². The average molecular weight is 470 g/mol. The molecule has 0 radical (unpaired) electrons. The van der Waals surface area contributed by atoms with Gasteiger partial charge in [-0.25, -0.2) is 4.79 Å². The molecule has 0 saturated carbocycles. The van der Waals surface area contributed by atoms with Gasteiger partial charge in [-0.15, -0.1) is 0 Å². The molecule has 2 aromatic carbocycles. The highest BCUT2D eigenvalue weighted by molar-refractivity contribution is 5.89. The zero-order valence-corrected chi connectivity index (χ0v) is 19.9. The summed E-state index contributed by atoms with van der Waals surface area (Å²) in [4.78, 5) is 14.4. The Morgan fingerprint density at radius 3 is 2.56 bits per heavy atom. The van der Waals surface area contributed by atoms with Gasteiger partial charge in [0.05, 0.1) is 32.0 Å². The number of rotatable bonds is 7. The number of nitrogens with one attached hydrogen (secondary N) is 2. The Balaban J connectivity index is 1.57. The second-order valence-electron chi connectivity index (χ2n) is 8.84. The molecule has 8 nitrogen and oxygen atoms in total. The maximum atomic E-state index is 12.0. The summed E-state index contributed by atoms with van der Waals surface area (Å²) in [5.74, 6) is 0.121. The van der Waals surface area contributed by atoms with Crippen LogP contribution in [0.25, 0.3) is 0 Å². The van der Waals surface area contributed by atoms with Gasteiger partial charge in [-0.05, 0) is 30.2 Å². The molecule has 2 saturated heterocycles. The van der Waals surface area contributed by atoms with Crippen LogP contribution in [0.4, 0.5) is 10.5 Å². The van der Waals surface area contributed by atoms with Crippen molar-refractivity contribution in [2.45, 2.75) is 39.0 Å². The number of benzene rings is 2. The molecule has 8 heteroatoms. The van der Waals surface area contributed by atoms with Crippen molar-refractivity contribution in [3.05, 3.63) is 65.2 Å². The minimum absolute atomic E-state index is 0.0121. The van der Waals surface area contributed by atoms with Crippen molar-refractivity contribution < 1.29 is 24.1 Å². The molecule has 3 N–H and O–H groups in total. The molecule has 184 valence electrons. The van der Waals surface area contributed by atoms with E-state index < -0.39 is 6.29 Å². The lowest BCUT2D eigenvalue weighted by molar-refractivity contribution is -0.277. The van der Waals surface area contributed by atoms with Crippen LogP contribution in [0, 0.1) is 5.92 Å². The molecule has 4 atom stereocenters. The Labute approximate surface area is 201 Å². The molecular weight excluding hydrogens is 434 g/mol. The number of aliphatic hydroxyl groups is 1. The lowest BCUT2D eigenvalue weighted by Gasteiger charge is -2.43. The fraction of sp³-hybridized carbons (Fsp3) is 0.500. The van der Waals surface area contributed by atoms with E-state index in [2.05, 4.69) is 22.5 Å². The molecule has 34 heavy (non-hydrogen) atoms. The quantitative estimate of drug-likeness (QED) is 0.575. The largest absolute Gasteiger partial charge is 0.392 e. The van der Waals surface area contributed by atoms with Crippen LogP contribution in [0.1, 0.15) is 42.9 Å². The first-order valence-electron chi connectivity index (χ1n) is 12.0. The Morgan fingerprint density at radius 2 is 1.85 bits per heavy atom. The molecule has 4 rings (SSSR count). The summed E-state index contributed by atoms with van der Waals surface area (Å²) in [5.41, 5.74) is 3.46. The fourth-order valence-corrected chi connectivity index (χ4v) is 4.47. The van der Waals surface area contributed by atoms with Crippen molar-refractivity contribution in [1.82, 2.24) is 10.2 Å². The van der Waals surface area contributed by atoms with Crippen molar-refractivity contribution in [1.29, 1.82) is 0 Å². The number of ether oxygens (including phenoxy) is 3. The molecule has 0 spiro atoms. The van der Waals surface area contributed by atoms with E-state index in [1.165, 1.54) is 0 Å². The molecular formula is C26H35N3O5.